The van der Waals surface area contributed by atoms with E-state index < -0.39 is 0 Å². The number of carbonyl (C=O) groups is 2. The lowest BCUT2D eigenvalue weighted by atomic mass is 9.87. The van der Waals surface area contributed by atoms with E-state index in [2.05, 4.69) is 27.7 Å². The number of hydrogen-bond donors (Lipinski definition) is 2. The lowest BCUT2D eigenvalue weighted by Gasteiger charge is -2.39. The van der Waals surface area contributed by atoms with Gasteiger partial charge in [0.25, 0.3) is 5.91 Å². The van der Waals surface area contributed by atoms with Gasteiger partial charge in [0, 0.05) is 38.3 Å². The summed E-state index contributed by atoms with van der Waals surface area (Å²) in [7, 11) is 0. The molecule has 1 aliphatic carbocycles. The summed E-state index contributed by atoms with van der Waals surface area (Å²) >= 11 is 0. The number of nitrogens with one attached hydrogen (secondary N) is 1. The zero-order valence-corrected chi connectivity index (χ0v) is 15.3. The van der Waals surface area contributed by atoms with Gasteiger partial charge in [0.1, 0.15) is 6.04 Å². The van der Waals surface area contributed by atoms with Crippen LogP contribution in [0, 0.1) is 0 Å². The van der Waals surface area contributed by atoms with E-state index in [1.807, 2.05) is 23.1 Å². The van der Waals surface area contributed by atoms with Crippen molar-refractivity contribution in [3.63, 3.8) is 0 Å². The molecule has 0 unspecified atom stereocenters. The molecule has 1 aromatic rings. The summed E-state index contributed by atoms with van der Waals surface area (Å²) < 4.78 is 0. The molecular weight excluding hydrogens is 328 g/mol. The van der Waals surface area contributed by atoms with E-state index >= 15 is 0 Å². The number of carbonyl (C=O) groups excluding carboxylic acids is 2. The minimum absolute atomic E-state index is 0.0458. The molecule has 3 aliphatic rings. The van der Waals surface area contributed by atoms with Crippen molar-refractivity contribution in [1.29, 1.82) is 0 Å². The molecule has 6 nitrogen and oxygen atoms in total. The van der Waals surface area contributed by atoms with Crippen LogP contribution in [0.5, 0.6) is 0 Å². The van der Waals surface area contributed by atoms with E-state index in [0.717, 1.165) is 39.0 Å². The number of rotatable bonds is 3. The Bertz CT molecular complexity index is 642. The summed E-state index contributed by atoms with van der Waals surface area (Å²) in [6.45, 7) is 3.16. The van der Waals surface area contributed by atoms with Crippen molar-refractivity contribution in [3.05, 3.63) is 30.3 Å². The molecule has 0 bridgehead atoms. The first-order valence-corrected chi connectivity index (χ1v) is 9.94. The van der Waals surface area contributed by atoms with Crippen molar-refractivity contribution in [2.45, 2.75) is 50.2 Å². The van der Waals surface area contributed by atoms with Crippen molar-refractivity contribution in [1.82, 2.24) is 10.2 Å². The second kappa shape index (κ2) is 7.66. The zero-order valence-electron chi connectivity index (χ0n) is 15.3. The molecule has 2 heterocycles. The molecule has 0 aromatic heterocycles. The normalized spacial score (nSPS) is 29.1. The van der Waals surface area contributed by atoms with Crippen LogP contribution in [0.1, 0.15) is 32.1 Å². The molecule has 0 radical (unpaired) electrons. The van der Waals surface area contributed by atoms with Gasteiger partial charge in [0.2, 0.25) is 5.91 Å². The molecule has 2 saturated heterocycles. The Balaban J connectivity index is 1.29. The van der Waals surface area contributed by atoms with Crippen LogP contribution in [-0.2, 0) is 9.59 Å². The van der Waals surface area contributed by atoms with Gasteiger partial charge in [0.15, 0.2) is 6.04 Å². The number of para-hydroxylation sites is 1. The summed E-state index contributed by atoms with van der Waals surface area (Å²) in [5, 5.41) is 5.32. The van der Waals surface area contributed by atoms with Gasteiger partial charge >= 0.3 is 0 Å². The minimum Gasteiger partial charge on any atom is -0.368 e. The van der Waals surface area contributed by atoms with E-state index in [4.69, 9.17) is 0 Å². The first-order chi connectivity index (χ1) is 12.7. The van der Waals surface area contributed by atoms with Crippen molar-refractivity contribution in [3.8, 4) is 0 Å². The number of amides is 2. The minimum atomic E-state index is -0.256. The smallest absolute Gasteiger partial charge is 0.279 e. The second-order valence-corrected chi connectivity index (χ2v) is 7.77. The van der Waals surface area contributed by atoms with Crippen LogP contribution in [0.25, 0.3) is 0 Å². The molecular formula is C20H29N4O2+. The summed E-state index contributed by atoms with van der Waals surface area (Å²) in [6, 6.07) is 10.8. The van der Waals surface area contributed by atoms with Gasteiger partial charge < -0.3 is 20.4 Å². The number of anilines is 1. The molecule has 3 N–H and O–H groups in total. The molecule has 2 aliphatic heterocycles. The zero-order chi connectivity index (χ0) is 17.9. The number of nitrogens with zero attached hydrogens (tertiary/aromatic N) is 2. The van der Waals surface area contributed by atoms with Crippen molar-refractivity contribution in [2.75, 3.05) is 31.1 Å². The maximum absolute atomic E-state index is 12.7. The first kappa shape index (κ1) is 17.3. The third-order valence-electron chi connectivity index (χ3n) is 6.11. The van der Waals surface area contributed by atoms with Crippen LogP contribution >= 0.6 is 0 Å². The van der Waals surface area contributed by atoms with E-state index in [1.54, 1.807) is 0 Å². The standard InChI is InChI=1S/C20H28N4O2/c25-19(14-18-20(26)22-17-9-5-4-8-16(17)21-18)24-12-10-23(11-13-24)15-6-2-1-3-7-15/h1-3,6-7,16-18,21H,4-5,8-14H2,(H,22,26)/p+1/t16-,17+,18-/m0/s1. The molecule has 26 heavy (non-hydrogen) atoms. The van der Waals surface area contributed by atoms with E-state index in [-0.39, 0.29) is 17.9 Å². The summed E-state index contributed by atoms with van der Waals surface area (Å²) in [5.74, 6) is 0.160. The quantitative estimate of drug-likeness (QED) is 0.806. The molecule has 1 saturated carbocycles. The highest BCUT2D eigenvalue weighted by Gasteiger charge is 2.41. The Kier molecular flexibility index (Phi) is 5.11. The van der Waals surface area contributed by atoms with Crippen LogP contribution in [-0.4, -0.2) is 61.0 Å². The molecule has 3 fully saturated rings. The Morgan fingerprint density at radius 2 is 1.81 bits per heavy atom. The fraction of sp³-hybridized carbons (Fsp3) is 0.600. The van der Waals surface area contributed by atoms with Gasteiger partial charge in [-0.05, 0) is 25.0 Å². The molecule has 6 heteroatoms. The van der Waals surface area contributed by atoms with Gasteiger partial charge in [-0.25, -0.2) is 0 Å². The van der Waals surface area contributed by atoms with Gasteiger partial charge in [-0.1, -0.05) is 24.6 Å². The van der Waals surface area contributed by atoms with Crippen LogP contribution in [0.4, 0.5) is 5.69 Å². The number of hydrogen-bond acceptors (Lipinski definition) is 3. The van der Waals surface area contributed by atoms with Gasteiger partial charge in [-0.2, -0.15) is 0 Å². The number of quaternary nitrogens is 1. The van der Waals surface area contributed by atoms with Crippen molar-refractivity contribution in [2.24, 2.45) is 0 Å². The second-order valence-electron chi connectivity index (χ2n) is 7.77. The highest BCUT2D eigenvalue weighted by molar-refractivity contribution is 5.87. The Hall–Kier alpha value is -2.08. The third-order valence-corrected chi connectivity index (χ3v) is 6.11. The number of piperazine rings is 2. The van der Waals surface area contributed by atoms with Crippen LogP contribution in [0.15, 0.2) is 30.3 Å². The molecule has 140 valence electrons. The van der Waals surface area contributed by atoms with Gasteiger partial charge in [0.05, 0.1) is 12.5 Å². The average Bonchev–Trinajstić information content (AvgIpc) is 2.69. The van der Waals surface area contributed by atoms with Gasteiger partial charge in [-0.3, -0.25) is 9.59 Å². The fourth-order valence-electron chi connectivity index (χ4n) is 4.58. The van der Waals surface area contributed by atoms with Crippen LogP contribution in [0.3, 0.4) is 0 Å². The van der Waals surface area contributed by atoms with Crippen molar-refractivity contribution < 1.29 is 14.9 Å². The van der Waals surface area contributed by atoms with Crippen LogP contribution in [0.2, 0.25) is 0 Å². The summed E-state index contributed by atoms with van der Waals surface area (Å²) in [5.41, 5.74) is 1.21. The molecule has 2 amide bonds. The predicted octanol–water partition coefficient (Wildman–Crippen LogP) is 0.0983. The number of nitrogens with two attached hydrogens (primary N) is 1. The monoisotopic (exact) mass is 357 g/mol. The van der Waals surface area contributed by atoms with E-state index in [1.165, 1.54) is 18.5 Å². The lowest BCUT2D eigenvalue weighted by Crippen LogP contribution is -3.03. The fourth-order valence-corrected chi connectivity index (χ4v) is 4.58. The maximum Gasteiger partial charge on any atom is 0.279 e. The summed E-state index contributed by atoms with van der Waals surface area (Å²) in [4.78, 5) is 29.3. The SMILES string of the molecule is O=C1N[C@@H]2CCCC[C@@H]2[NH2+][C@H]1CC(=O)N1CCN(c2ccccc2)CC1. The molecule has 3 atom stereocenters. The largest absolute Gasteiger partial charge is 0.368 e. The predicted molar refractivity (Wildman–Crippen MR) is 99.8 cm³/mol. The highest BCUT2D eigenvalue weighted by Crippen LogP contribution is 2.19. The maximum atomic E-state index is 12.7. The average molecular weight is 357 g/mol. The number of benzene rings is 1. The Morgan fingerprint density at radius 3 is 2.58 bits per heavy atom. The molecule has 0 spiro atoms. The van der Waals surface area contributed by atoms with E-state index in [0.29, 0.717) is 18.5 Å². The summed E-state index contributed by atoms with van der Waals surface area (Å²) in [6.07, 6.45) is 4.97. The lowest BCUT2D eigenvalue weighted by molar-refractivity contribution is -0.718. The van der Waals surface area contributed by atoms with Crippen LogP contribution < -0.4 is 15.5 Å². The van der Waals surface area contributed by atoms with E-state index in [9.17, 15) is 9.59 Å². The highest BCUT2D eigenvalue weighted by atomic mass is 16.2. The molecule has 4 rings (SSSR count). The topological polar surface area (TPSA) is 69.3 Å². The van der Waals surface area contributed by atoms with Crippen molar-refractivity contribution >= 4 is 17.5 Å². The Morgan fingerprint density at radius 1 is 1.08 bits per heavy atom. The first-order valence-electron chi connectivity index (χ1n) is 9.94. The third kappa shape index (κ3) is 3.70. The number of fused-ring (bicyclic) bond motifs is 1. The van der Waals surface area contributed by atoms with Gasteiger partial charge in [-0.15, -0.1) is 0 Å². The molecule has 1 aromatic carbocycles. The Labute approximate surface area is 154 Å².